The van der Waals surface area contributed by atoms with Crippen molar-refractivity contribution in [3.63, 3.8) is 0 Å². The van der Waals surface area contributed by atoms with E-state index >= 15 is 0 Å². The Labute approximate surface area is 164 Å². The van der Waals surface area contributed by atoms with Crippen LogP contribution in [0.15, 0.2) is 24.3 Å². The molecular weight excluding hydrogens is 362 g/mol. The Balaban J connectivity index is 2.06. The van der Waals surface area contributed by atoms with Gasteiger partial charge in [-0.1, -0.05) is 32.0 Å². The first-order chi connectivity index (χ1) is 13.3. The van der Waals surface area contributed by atoms with Gasteiger partial charge in [-0.15, -0.1) is 0 Å². The molecule has 1 saturated heterocycles. The highest BCUT2D eigenvalue weighted by Gasteiger charge is 2.38. The van der Waals surface area contributed by atoms with E-state index in [9.17, 15) is 19.2 Å². The zero-order valence-corrected chi connectivity index (χ0v) is 16.7. The van der Waals surface area contributed by atoms with Gasteiger partial charge >= 0.3 is 12.0 Å². The van der Waals surface area contributed by atoms with Crippen LogP contribution in [-0.4, -0.2) is 43.5 Å². The van der Waals surface area contributed by atoms with Gasteiger partial charge in [0.15, 0.2) is 6.10 Å². The Bertz CT molecular complexity index is 764. The molecule has 0 spiro atoms. The number of benzene rings is 1. The van der Waals surface area contributed by atoms with Crippen molar-refractivity contribution in [2.24, 2.45) is 5.92 Å². The van der Waals surface area contributed by atoms with Crippen LogP contribution in [0.5, 0.6) is 0 Å². The summed E-state index contributed by atoms with van der Waals surface area (Å²) in [4.78, 5) is 49.6. The largest absolute Gasteiger partial charge is 0.452 e. The summed E-state index contributed by atoms with van der Waals surface area (Å²) in [6, 6.07) is 6.99. The lowest BCUT2D eigenvalue weighted by molar-refractivity contribution is -0.158. The number of anilines is 1. The first-order valence-corrected chi connectivity index (χ1v) is 9.40. The predicted molar refractivity (Wildman–Crippen MR) is 104 cm³/mol. The molecule has 4 amide bonds. The Morgan fingerprint density at radius 2 is 1.93 bits per heavy atom. The Morgan fingerprint density at radius 1 is 1.25 bits per heavy atom. The molecule has 0 radical (unpaired) electrons. The molecular formula is C20H27N3O5. The van der Waals surface area contributed by atoms with Crippen LogP contribution in [0.3, 0.4) is 0 Å². The molecule has 3 atom stereocenters. The molecule has 1 aromatic carbocycles. The Hall–Kier alpha value is -2.90. The number of nitrogens with zero attached hydrogens (tertiary/aromatic N) is 1. The summed E-state index contributed by atoms with van der Waals surface area (Å²) in [6.45, 7) is 5.76. The maximum absolute atomic E-state index is 12.5. The fourth-order valence-electron chi connectivity index (χ4n) is 3.07. The van der Waals surface area contributed by atoms with Crippen molar-refractivity contribution in [3.05, 3.63) is 29.8 Å². The number of nitrogens with one attached hydrogen (secondary N) is 2. The average molecular weight is 389 g/mol. The van der Waals surface area contributed by atoms with Crippen LogP contribution in [0.1, 0.15) is 45.1 Å². The van der Waals surface area contributed by atoms with Gasteiger partial charge in [0.1, 0.15) is 0 Å². The molecule has 2 rings (SSSR count). The van der Waals surface area contributed by atoms with Crippen molar-refractivity contribution in [2.75, 3.05) is 18.5 Å². The van der Waals surface area contributed by atoms with E-state index in [2.05, 4.69) is 24.5 Å². The van der Waals surface area contributed by atoms with E-state index in [4.69, 9.17) is 4.74 Å². The summed E-state index contributed by atoms with van der Waals surface area (Å²) in [6.07, 6.45) is -0.179. The Kier molecular flexibility index (Phi) is 7.14. The van der Waals surface area contributed by atoms with Crippen LogP contribution in [-0.2, 0) is 19.1 Å². The molecule has 152 valence electrons. The van der Waals surface area contributed by atoms with Gasteiger partial charge in [-0.25, -0.2) is 4.79 Å². The summed E-state index contributed by atoms with van der Waals surface area (Å²) in [5.74, 6) is -1.89. The number of rotatable bonds is 6. The second-order valence-electron chi connectivity index (χ2n) is 6.92. The maximum atomic E-state index is 12.5. The Morgan fingerprint density at radius 3 is 2.57 bits per heavy atom. The van der Waals surface area contributed by atoms with Crippen LogP contribution in [0.4, 0.5) is 10.5 Å². The van der Waals surface area contributed by atoms with Crippen molar-refractivity contribution < 1.29 is 23.9 Å². The number of imide groups is 1. The molecule has 0 aromatic heterocycles. The van der Waals surface area contributed by atoms with E-state index in [1.54, 1.807) is 4.90 Å². The lowest BCUT2D eigenvalue weighted by Gasteiger charge is -2.23. The maximum Gasteiger partial charge on any atom is 0.321 e. The van der Waals surface area contributed by atoms with E-state index in [0.29, 0.717) is 0 Å². The molecule has 1 fully saturated rings. The lowest BCUT2D eigenvalue weighted by Crippen LogP contribution is -2.44. The normalized spacial score (nSPS) is 18.4. The molecule has 1 heterocycles. The third-order valence-corrected chi connectivity index (χ3v) is 4.96. The third kappa shape index (κ3) is 4.88. The zero-order valence-electron chi connectivity index (χ0n) is 16.7. The highest BCUT2D eigenvalue weighted by molar-refractivity contribution is 6.01. The highest BCUT2D eigenvalue weighted by atomic mass is 16.5. The smallest absolute Gasteiger partial charge is 0.321 e. The second kappa shape index (κ2) is 9.34. The summed E-state index contributed by atoms with van der Waals surface area (Å²) >= 11 is 0. The molecule has 2 N–H and O–H groups in total. The summed E-state index contributed by atoms with van der Waals surface area (Å²) < 4.78 is 5.16. The topological polar surface area (TPSA) is 105 Å². The van der Waals surface area contributed by atoms with Gasteiger partial charge in [0.05, 0.1) is 5.92 Å². The SMILES string of the molecule is CC[C@H](C)c1ccccc1N1C[C@H](C(=O)O[C@@H](C)C(=O)NC(=O)NC)CC1=O. The van der Waals surface area contributed by atoms with E-state index < -0.39 is 29.9 Å². The fourth-order valence-corrected chi connectivity index (χ4v) is 3.07. The minimum Gasteiger partial charge on any atom is -0.452 e. The molecule has 8 heteroatoms. The van der Waals surface area contributed by atoms with Crippen LogP contribution in [0.25, 0.3) is 0 Å². The van der Waals surface area contributed by atoms with Gasteiger partial charge in [0.2, 0.25) is 5.91 Å². The monoisotopic (exact) mass is 389 g/mol. The van der Waals surface area contributed by atoms with Crippen LogP contribution >= 0.6 is 0 Å². The van der Waals surface area contributed by atoms with Gasteiger partial charge in [0.25, 0.3) is 5.91 Å². The summed E-state index contributed by atoms with van der Waals surface area (Å²) in [5.41, 5.74) is 1.87. The summed E-state index contributed by atoms with van der Waals surface area (Å²) in [5, 5.41) is 4.30. The standard InChI is InChI=1S/C20H27N3O5/c1-5-12(2)15-8-6-7-9-16(15)23-11-14(10-17(23)24)19(26)28-13(3)18(25)22-20(27)21-4/h6-9,12-14H,5,10-11H2,1-4H3,(H2,21,22,25,27)/t12-,13-,14+/m0/s1. The number of ether oxygens (including phenoxy) is 1. The molecule has 0 saturated carbocycles. The highest BCUT2D eigenvalue weighted by Crippen LogP contribution is 2.33. The van der Waals surface area contributed by atoms with Gasteiger partial charge in [-0.2, -0.15) is 0 Å². The number of urea groups is 1. The predicted octanol–water partition coefficient (Wildman–Crippen LogP) is 1.94. The zero-order chi connectivity index (χ0) is 20.8. The third-order valence-electron chi connectivity index (χ3n) is 4.96. The van der Waals surface area contributed by atoms with Crippen LogP contribution in [0.2, 0.25) is 0 Å². The molecule has 1 aromatic rings. The minimum absolute atomic E-state index is 0.0253. The fraction of sp³-hybridized carbons (Fsp3) is 0.500. The lowest BCUT2D eigenvalue weighted by atomic mass is 9.96. The average Bonchev–Trinajstić information content (AvgIpc) is 3.08. The number of carbonyl (C=O) groups excluding carboxylic acids is 4. The van der Waals surface area contributed by atoms with Gasteiger partial charge in [-0.3, -0.25) is 19.7 Å². The molecule has 1 aliphatic rings. The molecule has 0 unspecified atom stereocenters. The quantitative estimate of drug-likeness (QED) is 0.724. The number of amides is 4. The van der Waals surface area contributed by atoms with Gasteiger partial charge in [-0.05, 0) is 30.9 Å². The number of carbonyl (C=O) groups is 4. The number of hydrogen-bond acceptors (Lipinski definition) is 5. The number of hydrogen-bond donors (Lipinski definition) is 2. The molecule has 0 bridgehead atoms. The molecule has 28 heavy (non-hydrogen) atoms. The molecule has 0 aliphatic carbocycles. The number of para-hydroxylation sites is 1. The van der Waals surface area contributed by atoms with E-state index in [0.717, 1.165) is 17.7 Å². The van der Waals surface area contributed by atoms with Gasteiger partial charge < -0.3 is 15.0 Å². The van der Waals surface area contributed by atoms with E-state index in [1.165, 1.54) is 14.0 Å². The first-order valence-electron chi connectivity index (χ1n) is 9.40. The van der Waals surface area contributed by atoms with Crippen LogP contribution in [0, 0.1) is 5.92 Å². The van der Waals surface area contributed by atoms with E-state index in [-0.39, 0.29) is 24.8 Å². The van der Waals surface area contributed by atoms with Crippen molar-refractivity contribution in [1.82, 2.24) is 10.6 Å². The van der Waals surface area contributed by atoms with E-state index in [1.807, 2.05) is 24.3 Å². The summed E-state index contributed by atoms with van der Waals surface area (Å²) in [7, 11) is 1.37. The van der Waals surface area contributed by atoms with Crippen molar-refractivity contribution >= 4 is 29.5 Å². The second-order valence-corrected chi connectivity index (χ2v) is 6.92. The number of esters is 1. The molecule has 1 aliphatic heterocycles. The van der Waals surface area contributed by atoms with Crippen LogP contribution < -0.4 is 15.5 Å². The van der Waals surface area contributed by atoms with Gasteiger partial charge in [0, 0.05) is 25.7 Å². The minimum atomic E-state index is -1.14. The molecule has 8 nitrogen and oxygen atoms in total. The van der Waals surface area contributed by atoms with Crippen molar-refractivity contribution in [2.45, 2.75) is 45.6 Å². The van der Waals surface area contributed by atoms with Crippen molar-refractivity contribution in [1.29, 1.82) is 0 Å². The van der Waals surface area contributed by atoms with Crippen molar-refractivity contribution in [3.8, 4) is 0 Å². The first kappa shape index (κ1) is 21.4.